The minimum atomic E-state index is 0.974. The third kappa shape index (κ3) is 8.11. The molecule has 0 saturated heterocycles. The zero-order valence-corrected chi connectivity index (χ0v) is 29.8. The number of fused-ring (bicyclic) bond motifs is 3. The molecule has 0 atom stereocenters. The average Bonchev–Trinajstić information content (AvgIpc) is 3.57. The maximum atomic E-state index is 4.93. The Morgan fingerprint density at radius 2 is 0.952 bits per heavy atom. The number of aromatic nitrogens is 2. The van der Waals surface area contributed by atoms with Gasteiger partial charge in [-0.2, -0.15) is 0 Å². The van der Waals surface area contributed by atoms with E-state index in [9.17, 15) is 0 Å². The van der Waals surface area contributed by atoms with Crippen LogP contribution >= 0.6 is 54.5 Å². The predicted octanol–water partition coefficient (Wildman–Crippen LogP) is 13.6. The molecule has 0 radical (unpaired) electrons. The molecule has 5 aromatic rings. The zero-order chi connectivity index (χ0) is 29.3. The van der Waals surface area contributed by atoms with Crippen LogP contribution in [0.3, 0.4) is 0 Å². The van der Waals surface area contributed by atoms with Crippen molar-refractivity contribution in [3.63, 3.8) is 0 Å². The highest BCUT2D eigenvalue weighted by Gasteiger charge is 2.13. The van der Waals surface area contributed by atoms with Crippen LogP contribution in [0, 0.1) is 0 Å². The van der Waals surface area contributed by atoms with Crippen LogP contribution in [0.2, 0.25) is 0 Å². The summed E-state index contributed by atoms with van der Waals surface area (Å²) < 4.78 is 2.52. The summed E-state index contributed by atoms with van der Waals surface area (Å²) in [5, 5.41) is 2.28. The number of unbranched alkanes of at least 4 members (excludes halogenated alkanes) is 10. The van der Waals surface area contributed by atoms with E-state index >= 15 is 0 Å². The topological polar surface area (TPSA) is 25.8 Å². The number of rotatable bonds is 16. The zero-order valence-electron chi connectivity index (χ0n) is 25.0. The number of pyridine rings is 2. The molecule has 5 rings (SSSR count). The number of hydrogen-bond acceptors (Lipinski definition) is 4. The van der Waals surface area contributed by atoms with Crippen molar-refractivity contribution < 1.29 is 0 Å². The Balaban J connectivity index is 1.28. The summed E-state index contributed by atoms with van der Waals surface area (Å²) in [6.07, 6.45) is 22.3. The van der Waals surface area contributed by atoms with Crippen LogP contribution in [0.4, 0.5) is 0 Å². The smallest absolute Gasteiger partial charge is 0.0965 e. The van der Waals surface area contributed by atoms with Crippen molar-refractivity contribution in [1.29, 1.82) is 0 Å². The fourth-order valence-electron chi connectivity index (χ4n) is 5.69. The molecule has 1 aromatic carbocycles. The first-order valence-corrected chi connectivity index (χ1v) is 19.0. The van der Waals surface area contributed by atoms with Crippen molar-refractivity contribution in [3.8, 4) is 20.9 Å². The van der Waals surface area contributed by atoms with Gasteiger partial charge in [0.25, 0.3) is 0 Å². The summed E-state index contributed by atoms with van der Waals surface area (Å²) in [6, 6.07) is 13.7. The minimum absolute atomic E-state index is 0.974. The highest BCUT2D eigenvalue weighted by molar-refractivity contribution is 9.11. The molecule has 2 nitrogen and oxygen atoms in total. The van der Waals surface area contributed by atoms with Gasteiger partial charge in [-0.15, -0.1) is 22.7 Å². The lowest BCUT2D eigenvalue weighted by Gasteiger charge is -2.06. The monoisotopic (exact) mass is 724 g/mol. The molecule has 0 aliphatic rings. The Kier molecular flexibility index (Phi) is 12.1. The fraction of sp³-hybridized carbons (Fsp3) is 0.444. The molecule has 0 aliphatic carbocycles. The summed E-state index contributed by atoms with van der Waals surface area (Å²) in [5.41, 5.74) is 7.16. The van der Waals surface area contributed by atoms with E-state index in [1.165, 1.54) is 117 Å². The van der Waals surface area contributed by atoms with Crippen LogP contribution < -0.4 is 0 Å². The van der Waals surface area contributed by atoms with Gasteiger partial charge in [0.1, 0.15) is 0 Å². The molecule has 0 N–H and O–H groups in total. The molecule has 0 fully saturated rings. The molecule has 0 aliphatic heterocycles. The number of benzene rings is 1. The van der Waals surface area contributed by atoms with Gasteiger partial charge in [0.2, 0.25) is 0 Å². The number of halogens is 2. The van der Waals surface area contributed by atoms with E-state index in [4.69, 9.17) is 9.97 Å². The van der Waals surface area contributed by atoms with Gasteiger partial charge < -0.3 is 0 Å². The number of thiophene rings is 2. The molecule has 0 unspecified atom stereocenters. The molecule has 0 bridgehead atoms. The first-order valence-electron chi connectivity index (χ1n) is 15.8. The molecule has 4 heterocycles. The van der Waals surface area contributed by atoms with Gasteiger partial charge in [-0.05, 0) is 92.9 Å². The van der Waals surface area contributed by atoms with Crippen molar-refractivity contribution in [2.45, 2.75) is 104 Å². The molecule has 0 spiro atoms. The molecule has 4 aromatic heterocycles. The van der Waals surface area contributed by atoms with Crippen LogP contribution in [0.5, 0.6) is 0 Å². The quantitative estimate of drug-likeness (QED) is 0.0747. The second kappa shape index (κ2) is 15.9. The van der Waals surface area contributed by atoms with Gasteiger partial charge in [-0.1, -0.05) is 90.2 Å². The van der Waals surface area contributed by atoms with Crippen LogP contribution in [0.25, 0.3) is 42.7 Å². The minimum Gasteiger partial charge on any atom is -0.253 e. The Bertz CT molecular complexity index is 1480. The lowest BCUT2D eigenvalue weighted by Crippen LogP contribution is -1.88. The molecule has 0 saturated carbocycles. The van der Waals surface area contributed by atoms with E-state index in [1.54, 1.807) is 0 Å². The van der Waals surface area contributed by atoms with E-state index in [1.807, 2.05) is 35.1 Å². The molecule has 42 heavy (non-hydrogen) atoms. The number of nitrogens with zero attached hydrogens (tertiary/aromatic N) is 2. The van der Waals surface area contributed by atoms with Gasteiger partial charge >= 0.3 is 0 Å². The van der Waals surface area contributed by atoms with Crippen molar-refractivity contribution >= 4 is 76.3 Å². The first kappa shape index (κ1) is 31.8. The predicted molar refractivity (Wildman–Crippen MR) is 193 cm³/mol. The van der Waals surface area contributed by atoms with E-state index in [0.29, 0.717) is 0 Å². The van der Waals surface area contributed by atoms with Crippen LogP contribution in [0.1, 0.15) is 102 Å². The van der Waals surface area contributed by atoms with E-state index in [2.05, 4.69) is 82.1 Å². The fourth-order valence-corrected chi connectivity index (χ4v) is 9.20. The highest BCUT2D eigenvalue weighted by Crippen LogP contribution is 2.39. The van der Waals surface area contributed by atoms with Crippen molar-refractivity contribution in [2.75, 3.05) is 0 Å². The van der Waals surface area contributed by atoms with Crippen LogP contribution in [0.15, 0.2) is 56.4 Å². The summed E-state index contributed by atoms with van der Waals surface area (Å²) in [5.74, 6) is 0. The van der Waals surface area contributed by atoms with Gasteiger partial charge in [0.15, 0.2) is 0 Å². The second-order valence-corrected chi connectivity index (χ2v) is 16.3. The average molecular weight is 727 g/mol. The maximum absolute atomic E-state index is 4.93. The summed E-state index contributed by atoms with van der Waals surface area (Å²) in [6.45, 7) is 4.55. The van der Waals surface area contributed by atoms with Crippen molar-refractivity contribution in [3.05, 3.63) is 67.5 Å². The van der Waals surface area contributed by atoms with Gasteiger partial charge in [0.05, 0.1) is 18.6 Å². The Labute approximate surface area is 276 Å². The van der Waals surface area contributed by atoms with Crippen LogP contribution in [-0.4, -0.2) is 9.97 Å². The van der Waals surface area contributed by atoms with Crippen molar-refractivity contribution in [1.82, 2.24) is 9.97 Å². The van der Waals surface area contributed by atoms with E-state index in [0.717, 1.165) is 34.6 Å². The third-order valence-electron chi connectivity index (χ3n) is 8.18. The van der Waals surface area contributed by atoms with E-state index in [-0.39, 0.29) is 0 Å². The van der Waals surface area contributed by atoms with Gasteiger partial charge in [-0.25, -0.2) is 0 Å². The lowest BCUT2D eigenvalue weighted by molar-refractivity contribution is 0.607. The van der Waals surface area contributed by atoms with Crippen molar-refractivity contribution in [2.24, 2.45) is 0 Å². The SMILES string of the molecule is CCCCCCCCc1cc(-c2cnc3c(ccc4cc(-c5cc(CCCCCCCC)c(Br)s5)cnc43)c2)sc1Br. The summed E-state index contributed by atoms with van der Waals surface area (Å²) in [7, 11) is 0. The Morgan fingerprint density at radius 3 is 1.38 bits per heavy atom. The molecule has 222 valence electrons. The third-order valence-corrected chi connectivity index (χ3v) is 12.2. The number of aryl methyl sites for hydroxylation is 2. The molecule has 0 amide bonds. The summed E-state index contributed by atoms with van der Waals surface area (Å²) in [4.78, 5) is 12.4. The lowest BCUT2D eigenvalue weighted by atomic mass is 10.0. The van der Waals surface area contributed by atoms with E-state index < -0.39 is 0 Å². The largest absolute Gasteiger partial charge is 0.253 e. The highest BCUT2D eigenvalue weighted by atomic mass is 79.9. The summed E-state index contributed by atoms with van der Waals surface area (Å²) >= 11 is 11.3. The Morgan fingerprint density at radius 1 is 0.548 bits per heavy atom. The first-order chi connectivity index (χ1) is 20.6. The standard InChI is InChI=1S/C36H42Br2N2S2/c1-3-5-7-9-11-13-15-27-21-31(41-35(27)37)29-19-25-17-18-26-20-30(24-40-34(26)33(25)39-23-29)32-22-28(36(38)42-32)16-14-12-10-8-6-4-2/h17-24H,3-16H2,1-2H3. The van der Waals surface area contributed by atoms with Gasteiger partial charge in [0, 0.05) is 44.0 Å². The number of hydrogen-bond donors (Lipinski definition) is 0. The molecular formula is C36H42Br2N2S2. The van der Waals surface area contributed by atoms with Crippen LogP contribution in [-0.2, 0) is 12.8 Å². The van der Waals surface area contributed by atoms with Gasteiger partial charge in [-0.3, -0.25) is 9.97 Å². The Hall–Kier alpha value is -1.60. The maximum Gasteiger partial charge on any atom is 0.0965 e. The second-order valence-electron chi connectivity index (χ2n) is 11.5. The molecular weight excluding hydrogens is 684 g/mol. The molecule has 6 heteroatoms. The normalized spacial score (nSPS) is 11.7.